The van der Waals surface area contributed by atoms with Crippen LogP contribution in [0.4, 0.5) is 10.1 Å². The minimum absolute atomic E-state index is 0.0837. The number of carbonyl (C=O) groups is 1. The van der Waals surface area contributed by atoms with Gasteiger partial charge in [0, 0.05) is 18.3 Å². The van der Waals surface area contributed by atoms with Crippen LogP contribution in [0.5, 0.6) is 5.88 Å². The molecule has 6 nitrogen and oxygen atoms in total. The number of aromatic nitrogens is 2. The molecule has 1 amide bonds. The molecule has 3 atom stereocenters. The van der Waals surface area contributed by atoms with Crippen molar-refractivity contribution in [3.8, 4) is 5.88 Å². The number of hydrogen-bond acceptors (Lipinski definition) is 4. The first kappa shape index (κ1) is 26.1. The van der Waals surface area contributed by atoms with E-state index in [0.29, 0.717) is 43.0 Å². The number of anilines is 1. The van der Waals surface area contributed by atoms with Crippen molar-refractivity contribution in [3.63, 3.8) is 0 Å². The van der Waals surface area contributed by atoms with Crippen LogP contribution in [0.15, 0.2) is 30.5 Å². The van der Waals surface area contributed by atoms with Crippen molar-refractivity contribution in [3.05, 3.63) is 41.8 Å². The molecule has 0 aliphatic heterocycles. The van der Waals surface area contributed by atoms with Gasteiger partial charge in [0.15, 0.2) is 0 Å². The van der Waals surface area contributed by atoms with Crippen LogP contribution in [0.3, 0.4) is 0 Å². The van der Waals surface area contributed by atoms with Crippen LogP contribution in [-0.2, 0) is 6.54 Å². The van der Waals surface area contributed by atoms with Gasteiger partial charge >= 0.3 is 0 Å². The average Bonchev–Trinajstić information content (AvgIpc) is 3.31. The summed E-state index contributed by atoms with van der Waals surface area (Å²) in [5.74, 6) is 2.99. The second-order valence-electron chi connectivity index (χ2n) is 11.7. The van der Waals surface area contributed by atoms with Crippen LogP contribution in [0.1, 0.15) is 87.9 Å². The van der Waals surface area contributed by atoms with Gasteiger partial charge in [0.25, 0.3) is 5.91 Å². The van der Waals surface area contributed by atoms with Crippen molar-refractivity contribution in [2.45, 2.75) is 90.1 Å². The summed E-state index contributed by atoms with van der Waals surface area (Å²) in [7, 11) is 0. The van der Waals surface area contributed by atoms with Crippen LogP contribution in [-0.4, -0.2) is 34.9 Å². The highest BCUT2D eigenvalue weighted by Gasteiger charge is 2.35. The van der Waals surface area contributed by atoms with Crippen LogP contribution in [0, 0.1) is 29.5 Å². The second-order valence-corrected chi connectivity index (χ2v) is 11.7. The summed E-state index contributed by atoms with van der Waals surface area (Å²) in [6, 6.07) is 6.47. The molecular formula is C30H43FN4O2. The zero-order valence-electron chi connectivity index (χ0n) is 22.3. The summed E-state index contributed by atoms with van der Waals surface area (Å²) in [6.07, 6.45) is 15.8. The third-order valence-electron chi connectivity index (χ3n) is 8.94. The lowest BCUT2D eigenvalue weighted by atomic mass is 9.66. The first-order chi connectivity index (χ1) is 18.0. The molecule has 2 N–H and O–H groups in total. The second kappa shape index (κ2) is 12.3. The summed E-state index contributed by atoms with van der Waals surface area (Å²) in [4.78, 5) is 13.5. The summed E-state index contributed by atoms with van der Waals surface area (Å²) in [5.41, 5.74) is 1.38. The van der Waals surface area contributed by atoms with Crippen LogP contribution in [0.2, 0.25) is 0 Å². The van der Waals surface area contributed by atoms with E-state index in [9.17, 15) is 9.18 Å². The Hall–Kier alpha value is -2.57. The fourth-order valence-corrected chi connectivity index (χ4v) is 6.86. The van der Waals surface area contributed by atoms with Crippen molar-refractivity contribution < 1.29 is 13.9 Å². The maximum Gasteiger partial charge on any atom is 0.258 e. The van der Waals surface area contributed by atoms with Gasteiger partial charge < -0.3 is 15.4 Å². The molecule has 3 saturated carbocycles. The number of carbonyl (C=O) groups excluding carboxylic acids is 1. The summed E-state index contributed by atoms with van der Waals surface area (Å²) < 4.78 is 21.3. The molecule has 3 aliphatic carbocycles. The molecule has 0 spiro atoms. The van der Waals surface area contributed by atoms with Crippen molar-refractivity contribution in [2.24, 2.45) is 23.7 Å². The SMILES string of the molecule is CC(NC(=O)c1cnn(CCNc2ccc(F)cc2)c1OCC1CCCCC1)C1CC2CCCC(C2)C1. The molecule has 202 valence electrons. The van der Waals surface area contributed by atoms with Gasteiger partial charge in [-0.05, 0) is 87.0 Å². The monoisotopic (exact) mass is 510 g/mol. The van der Waals surface area contributed by atoms with Gasteiger partial charge in [0.05, 0.1) is 19.3 Å². The van der Waals surface area contributed by atoms with Gasteiger partial charge in [-0.2, -0.15) is 5.10 Å². The Balaban J connectivity index is 1.23. The molecule has 5 rings (SSSR count). The summed E-state index contributed by atoms with van der Waals surface area (Å²) >= 11 is 0. The van der Waals surface area contributed by atoms with Crippen LogP contribution < -0.4 is 15.4 Å². The van der Waals surface area contributed by atoms with E-state index in [4.69, 9.17) is 4.74 Å². The van der Waals surface area contributed by atoms with Crippen molar-refractivity contribution in [2.75, 3.05) is 18.5 Å². The van der Waals surface area contributed by atoms with E-state index in [-0.39, 0.29) is 17.8 Å². The fourth-order valence-electron chi connectivity index (χ4n) is 6.86. The van der Waals surface area contributed by atoms with E-state index in [1.165, 1.54) is 82.8 Å². The lowest BCUT2D eigenvalue weighted by Crippen LogP contribution is -2.42. The number of rotatable bonds is 10. The molecule has 0 radical (unpaired) electrons. The minimum atomic E-state index is -0.252. The molecule has 7 heteroatoms. The number of nitrogens with one attached hydrogen (secondary N) is 2. The Kier molecular flexibility index (Phi) is 8.67. The number of halogens is 1. The third-order valence-corrected chi connectivity index (χ3v) is 8.94. The number of hydrogen-bond donors (Lipinski definition) is 2. The zero-order chi connectivity index (χ0) is 25.6. The molecule has 0 saturated heterocycles. The zero-order valence-corrected chi connectivity index (χ0v) is 22.3. The van der Waals surface area contributed by atoms with E-state index in [1.54, 1.807) is 23.0 Å². The third kappa shape index (κ3) is 6.85. The number of amides is 1. The average molecular weight is 511 g/mol. The van der Waals surface area contributed by atoms with Crippen LogP contribution >= 0.6 is 0 Å². The minimum Gasteiger partial charge on any atom is -0.477 e. The largest absolute Gasteiger partial charge is 0.477 e. The standard InChI is InChI=1S/C30H43FN4O2/c1-21(25-17-23-8-5-9-24(16-23)18-25)34-29(36)28-19-33-35(15-14-32-27-12-10-26(31)11-13-27)30(28)37-20-22-6-3-2-4-7-22/h10-13,19,21-25,32H,2-9,14-18,20H2,1H3,(H,34,36). The Bertz CT molecular complexity index is 1010. The first-order valence-corrected chi connectivity index (χ1v) is 14.5. The summed E-state index contributed by atoms with van der Waals surface area (Å²) in [6.45, 7) is 3.93. The number of benzene rings is 1. The molecule has 1 aromatic carbocycles. The molecule has 2 aromatic rings. The highest BCUT2D eigenvalue weighted by Crippen LogP contribution is 2.43. The maximum absolute atomic E-state index is 13.5. The topological polar surface area (TPSA) is 68.2 Å². The molecule has 3 unspecified atom stereocenters. The van der Waals surface area contributed by atoms with E-state index in [0.717, 1.165) is 17.5 Å². The molecule has 3 aliphatic rings. The lowest BCUT2D eigenvalue weighted by Gasteiger charge is -2.41. The van der Waals surface area contributed by atoms with Gasteiger partial charge in [-0.15, -0.1) is 0 Å². The van der Waals surface area contributed by atoms with Crippen LogP contribution in [0.25, 0.3) is 0 Å². The normalized spacial score (nSPS) is 24.9. The van der Waals surface area contributed by atoms with Gasteiger partial charge in [0.1, 0.15) is 11.4 Å². The molecule has 1 aromatic heterocycles. The number of nitrogens with zero attached hydrogens (tertiary/aromatic N) is 2. The van der Waals surface area contributed by atoms with Gasteiger partial charge in [-0.3, -0.25) is 4.79 Å². The first-order valence-electron chi connectivity index (χ1n) is 14.5. The predicted molar refractivity (Wildman–Crippen MR) is 144 cm³/mol. The fraction of sp³-hybridized carbons (Fsp3) is 0.667. The lowest BCUT2D eigenvalue weighted by molar-refractivity contribution is 0.0848. The highest BCUT2D eigenvalue weighted by molar-refractivity contribution is 5.96. The number of fused-ring (bicyclic) bond motifs is 2. The Labute approximate surface area is 220 Å². The smallest absolute Gasteiger partial charge is 0.258 e. The Morgan fingerprint density at radius 3 is 2.51 bits per heavy atom. The molecular weight excluding hydrogens is 467 g/mol. The van der Waals surface area contributed by atoms with Gasteiger partial charge in [0.2, 0.25) is 5.88 Å². The maximum atomic E-state index is 13.5. The number of ether oxygens (including phenoxy) is 1. The Morgan fingerprint density at radius 1 is 1.05 bits per heavy atom. The van der Waals surface area contributed by atoms with Gasteiger partial charge in [-0.25, -0.2) is 9.07 Å². The van der Waals surface area contributed by atoms with E-state index in [2.05, 4.69) is 22.7 Å². The van der Waals surface area contributed by atoms with E-state index < -0.39 is 0 Å². The molecule has 2 bridgehead atoms. The quantitative estimate of drug-likeness (QED) is 0.387. The summed E-state index contributed by atoms with van der Waals surface area (Å²) in [5, 5.41) is 11.2. The predicted octanol–water partition coefficient (Wildman–Crippen LogP) is 6.43. The van der Waals surface area contributed by atoms with Gasteiger partial charge in [-0.1, -0.05) is 38.5 Å². The molecule has 37 heavy (non-hydrogen) atoms. The van der Waals surface area contributed by atoms with Crippen molar-refractivity contribution in [1.82, 2.24) is 15.1 Å². The molecule has 3 fully saturated rings. The van der Waals surface area contributed by atoms with Crippen molar-refractivity contribution in [1.29, 1.82) is 0 Å². The highest BCUT2D eigenvalue weighted by atomic mass is 19.1. The van der Waals surface area contributed by atoms with E-state index in [1.807, 2.05) is 0 Å². The Morgan fingerprint density at radius 2 is 1.78 bits per heavy atom. The van der Waals surface area contributed by atoms with Crippen molar-refractivity contribution >= 4 is 11.6 Å². The van der Waals surface area contributed by atoms with E-state index >= 15 is 0 Å². The molecule has 1 heterocycles.